The number of unbranched alkanes of at least 4 members (excludes halogenated alkanes) is 13. The van der Waals surface area contributed by atoms with Gasteiger partial charge in [0.05, 0.1) is 0 Å². The van der Waals surface area contributed by atoms with Crippen molar-refractivity contribution in [3.05, 3.63) is 29.8 Å². The van der Waals surface area contributed by atoms with Crippen LogP contribution in [0, 0.1) is 0 Å². The number of ether oxygens (including phenoxy) is 1. The van der Waals surface area contributed by atoms with Gasteiger partial charge in [0.25, 0.3) is 0 Å². The summed E-state index contributed by atoms with van der Waals surface area (Å²) in [6, 6.07) is 8.20. The third-order valence-corrected chi connectivity index (χ3v) is 5.58. The fourth-order valence-corrected chi connectivity index (χ4v) is 3.74. The van der Waals surface area contributed by atoms with Gasteiger partial charge in [-0.15, -0.1) is 17.0 Å². The Morgan fingerprint density at radius 1 is 0.800 bits per heavy atom. The highest BCUT2D eigenvalue weighted by molar-refractivity contribution is 8.93. The van der Waals surface area contributed by atoms with Gasteiger partial charge in [-0.2, -0.15) is 0 Å². The lowest BCUT2D eigenvalue weighted by Crippen LogP contribution is -2.05. The molecule has 1 unspecified atom stereocenters. The molecule has 0 saturated carbocycles. The molecule has 1 rings (SSSR count). The molecule has 0 heterocycles. The highest BCUT2D eigenvalue weighted by Gasteiger charge is 2.07. The van der Waals surface area contributed by atoms with Gasteiger partial charge >= 0.3 is 5.97 Å². The molecule has 0 aliphatic carbocycles. The summed E-state index contributed by atoms with van der Waals surface area (Å²) in [6.07, 6.45) is 19.3. The molecule has 0 amide bonds. The Kier molecular flexibility index (Phi) is 19.2. The second-order valence-corrected chi connectivity index (χ2v) is 8.40. The minimum absolute atomic E-state index is 0. The maximum atomic E-state index is 11.0. The Bertz CT molecular complexity index is 518. The first-order valence-electron chi connectivity index (χ1n) is 12.1. The number of hydrogen-bond donors (Lipinski definition) is 1. The van der Waals surface area contributed by atoms with E-state index in [0.717, 1.165) is 17.8 Å². The highest BCUT2D eigenvalue weighted by atomic mass is 79.9. The van der Waals surface area contributed by atoms with Crippen LogP contribution in [0.5, 0.6) is 0 Å². The number of esters is 1. The van der Waals surface area contributed by atoms with Crippen molar-refractivity contribution >= 4 is 28.6 Å². The summed E-state index contributed by atoms with van der Waals surface area (Å²) in [7, 11) is 0. The number of anilines is 1. The van der Waals surface area contributed by atoms with Crippen LogP contribution in [0.25, 0.3) is 0 Å². The van der Waals surface area contributed by atoms with E-state index in [1.54, 1.807) is 0 Å². The summed E-state index contributed by atoms with van der Waals surface area (Å²) < 4.78 is 5.21. The molecule has 0 fully saturated rings. The van der Waals surface area contributed by atoms with E-state index in [1.165, 1.54) is 96.8 Å². The number of carbonyl (C=O) groups is 1. The van der Waals surface area contributed by atoms with Gasteiger partial charge in [-0.1, -0.05) is 103 Å². The predicted molar refractivity (Wildman–Crippen MR) is 136 cm³/mol. The summed E-state index contributed by atoms with van der Waals surface area (Å²) in [6.45, 7) is 6.66. The van der Waals surface area contributed by atoms with Crippen molar-refractivity contribution in [3.63, 3.8) is 0 Å². The van der Waals surface area contributed by atoms with E-state index in [0.29, 0.717) is 0 Å². The van der Waals surface area contributed by atoms with Crippen LogP contribution in [0.15, 0.2) is 24.3 Å². The first-order chi connectivity index (χ1) is 14.1. The molecule has 174 valence electrons. The summed E-state index contributed by atoms with van der Waals surface area (Å²) in [5.41, 5.74) is 2.17. The number of rotatable bonds is 18. The monoisotopic (exact) mass is 483 g/mol. The summed E-state index contributed by atoms with van der Waals surface area (Å²) in [4.78, 5) is 11.0. The highest BCUT2D eigenvalue weighted by Crippen LogP contribution is 2.19. The summed E-state index contributed by atoms with van der Waals surface area (Å²) >= 11 is 0. The van der Waals surface area contributed by atoms with Crippen LogP contribution in [0.1, 0.15) is 122 Å². The van der Waals surface area contributed by atoms with Gasteiger partial charge in [-0.3, -0.25) is 4.79 Å². The second kappa shape index (κ2) is 19.9. The predicted octanol–water partition coefficient (Wildman–Crippen LogP) is 8.78. The van der Waals surface area contributed by atoms with Crippen LogP contribution >= 0.6 is 17.0 Å². The van der Waals surface area contributed by atoms with E-state index in [9.17, 15) is 4.79 Å². The van der Waals surface area contributed by atoms with Gasteiger partial charge in [0.15, 0.2) is 0 Å². The molecule has 0 spiro atoms. The molecule has 30 heavy (non-hydrogen) atoms. The molecular weight excluding hydrogens is 438 g/mol. The molecule has 0 aliphatic rings. The molecule has 1 aromatic rings. The lowest BCUT2D eigenvalue weighted by Gasteiger charge is -2.13. The number of carbonyl (C=O) groups excluding carboxylic acids is 1. The van der Waals surface area contributed by atoms with Gasteiger partial charge in [0, 0.05) is 19.2 Å². The van der Waals surface area contributed by atoms with Crippen molar-refractivity contribution in [2.24, 2.45) is 0 Å². The maximum absolute atomic E-state index is 11.0. The second-order valence-electron chi connectivity index (χ2n) is 8.40. The molecule has 4 heteroatoms. The molecular formula is C26H46BrNO2. The Morgan fingerprint density at radius 2 is 1.23 bits per heavy atom. The quantitative estimate of drug-likeness (QED) is 0.167. The van der Waals surface area contributed by atoms with Crippen LogP contribution < -0.4 is 5.32 Å². The fraction of sp³-hybridized carbons (Fsp3) is 0.731. The number of nitrogens with one attached hydrogen (secondary N) is 1. The fourth-order valence-electron chi connectivity index (χ4n) is 3.74. The maximum Gasteiger partial charge on any atom is 0.303 e. The smallest absolute Gasteiger partial charge is 0.303 e. The molecule has 1 N–H and O–H groups in total. The minimum Gasteiger partial charge on any atom is -0.458 e. The van der Waals surface area contributed by atoms with Crippen LogP contribution in [-0.2, 0) is 9.53 Å². The Hall–Kier alpha value is -1.03. The van der Waals surface area contributed by atoms with E-state index in [4.69, 9.17) is 4.74 Å². The third-order valence-electron chi connectivity index (χ3n) is 5.58. The molecule has 0 bridgehead atoms. The Morgan fingerprint density at radius 3 is 1.67 bits per heavy atom. The van der Waals surface area contributed by atoms with E-state index in [2.05, 4.69) is 24.4 Å². The molecule has 3 nitrogen and oxygen atoms in total. The first kappa shape index (κ1) is 29.0. The molecule has 1 aromatic carbocycles. The number of hydrogen-bond acceptors (Lipinski definition) is 3. The first-order valence-corrected chi connectivity index (χ1v) is 12.1. The van der Waals surface area contributed by atoms with E-state index in [1.807, 2.05) is 19.1 Å². The minimum atomic E-state index is -0.238. The van der Waals surface area contributed by atoms with Crippen LogP contribution in [0.2, 0.25) is 0 Å². The summed E-state index contributed by atoms with van der Waals surface area (Å²) in [5, 5.41) is 3.49. The van der Waals surface area contributed by atoms with Gasteiger partial charge < -0.3 is 10.1 Å². The van der Waals surface area contributed by atoms with E-state index < -0.39 is 0 Å². The van der Waals surface area contributed by atoms with Crippen LogP contribution in [0.4, 0.5) is 5.69 Å². The lowest BCUT2D eigenvalue weighted by atomic mass is 10.0. The van der Waals surface area contributed by atoms with Crippen LogP contribution in [-0.4, -0.2) is 12.5 Å². The normalized spacial score (nSPS) is 11.6. The SMILES string of the molecule is Br.CCCCCCCCCCCCCCCCNc1ccc(C(C)OC(C)=O)cc1. The average molecular weight is 485 g/mol. The zero-order chi connectivity index (χ0) is 21.2. The summed E-state index contributed by atoms with van der Waals surface area (Å²) in [5.74, 6) is -0.238. The topological polar surface area (TPSA) is 38.3 Å². The molecule has 0 aromatic heterocycles. The van der Waals surface area contributed by atoms with Crippen LogP contribution in [0.3, 0.4) is 0 Å². The van der Waals surface area contributed by atoms with Crippen molar-refractivity contribution in [2.45, 2.75) is 117 Å². The molecule has 0 saturated heterocycles. The molecule has 1 atom stereocenters. The van der Waals surface area contributed by atoms with E-state index in [-0.39, 0.29) is 29.1 Å². The number of halogens is 1. The Labute approximate surface area is 196 Å². The van der Waals surface area contributed by atoms with Gasteiger partial charge in [0.1, 0.15) is 6.10 Å². The zero-order valence-electron chi connectivity index (χ0n) is 19.7. The van der Waals surface area contributed by atoms with Crippen molar-refractivity contribution < 1.29 is 9.53 Å². The number of benzene rings is 1. The van der Waals surface area contributed by atoms with Gasteiger partial charge in [-0.05, 0) is 31.0 Å². The van der Waals surface area contributed by atoms with Crippen molar-refractivity contribution in [1.82, 2.24) is 0 Å². The van der Waals surface area contributed by atoms with E-state index >= 15 is 0 Å². The van der Waals surface area contributed by atoms with Crippen molar-refractivity contribution in [1.29, 1.82) is 0 Å². The molecule has 0 radical (unpaired) electrons. The van der Waals surface area contributed by atoms with Crippen molar-refractivity contribution in [2.75, 3.05) is 11.9 Å². The lowest BCUT2D eigenvalue weighted by molar-refractivity contribution is -0.145. The average Bonchev–Trinajstić information content (AvgIpc) is 2.71. The third kappa shape index (κ3) is 15.8. The standard InChI is InChI=1S/C26H45NO2.BrH/c1-4-5-6-7-8-9-10-11-12-13-14-15-16-17-22-27-26-20-18-25(19-21-26)23(2)29-24(3)28;/h18-21,23,27H,4-17,22H2,1-3H3;1H. The Balaban J connectivity index is 0.00000841. The van der Waals surface area contributed by atoms with Crippen molar-refractivity contribution in [3.8, 4) is 0 Å². The zero-order valence-corrected chi connectivity index (χ0v) is 21.4. The van der Waals surface area contributed by atoms with Gasteiger partial charge in [0.2, 0.25) is 0 Å². The van der Waals surface area contributed by atoms with Gasteiger partial charge in [-0.25, -0.2) is 0 Å². The molecule has 0 aliphatic heterocycles. The largest absolute Gasteiger partial charge is 0.458 e.